The number of Topliss-reactive ketones (excluding diaryl/α,β-unsaturated/α-hetero) is 1. The van der Waals surface area contributed by atoms with Crippen molar-refractivity contribution in [2.45, 2.75) is 10.8 Å². The van der Waals surface area contributed by atoms with Gasteiger partial charge in [-0.2, -0.15) is 5.26 Å². The Kier molecular flexibility index (Phi) is 5.73. The van der Waals surface area contributed by atoms with Crippen molar-refractivity contribution in [1.29, 1.82) is 5.26 Å². The van der Waals surface area contributed by atoms with E-state index in [-0.39, 0.29) is 10.5 Å². The summed E-state index contributed by atoms with van der Waals surface area (Å²) in [6.07, 6.45) is 1.49. The number of halogens is 1. The van der Waals surface area contributed by atoms with Crippen LogP contribution < -0.4 is 4.72 Å². The van der Waals surface area contributed by atoms with Gasteiger partial charge in [-0.05, 0) is 48.5 Å². The number of aromatic nitrogens is 1. The molecule has 6 nitrogen and oxygen atoms in total. The van der Waals surface area contributed by atoms with Crippen LogP contribution >= 0.6 is 11.6 Å². The highest BCUT2D eigenvalue weighted by Crippen LogP contribution is 2.22. The van der Waals surface area contributed by atoms with Gasteiger partial charge in [-0.15, -0.1) is 0 Å². The average Bonchev–Trinajstić information content (AvgIpc) is 2.71. The quantitative estimate of drug-likeness (QED) is 0.617. The van der Waals surface area contributed by atoms with Crippen LogP contribution in [0.2, 0.25) is 5.02 Å². The van der Waals surface area contributed by atoms with Crippen molar-refractivity contribution in [3.8, 4) is 6.07 Å². The molecule has 2 aromatic carbocycles. The van der Waals surface area contributed by atoms with Crippen LogP contribution in [-0.2, 0) is 10.0 Å². The van der Waals surface area contributed by atoms with E-state index in [4.69, 9.17) is 11.6 Å². The average molecular weight is 412 g/mol. The Hall–Kier alpha value is -3.21. The minimum Gasteiger partial charge on any atom is -0.292 e. The molecule has 0 aliphatic heterocycles. The summed E-state index contributed by atoms with van der Waals surface area (Å²) in [5, 5.41) is 9.88. The van der Waals surface area contributed by atoms with E-state index in [0.29, 0.717) is 16.4 Å². The number of hydrogen-bond donors (Lipinski definition) is 1. The molecular weight excluding hydrogens is 398 g/mol. The van der Waals surface area contributed by atoms with E-state index in [1.54, 1.807) is 30.3 Å². The third kappa shape index (κ3) is 4.36. The lowest BCUT2D eigenvalue weighted by atomic mass is 9.95. The smallest absolute Gasteiger partial charge is 0.261 e. The first-order valence-corrected chi connectivity index (χ1v) is 10.00. The highest BCUT2D eigenvalue weighted by Gasteiger charge is 2.24. The maximum absolute atomic E-state index is 12.8. The van der Waals surface area contributed by atoms with E-state index in [2.05, 4.69) is 9.71 Å². The number of hydrogen-bond acceptors (Lipinski definition) is 5. The highest BCUT2D eigenvalue weighted by molar-refractivity contribution is 7.92. The largest absolute Gasteiger partial charge is 0.292 e. The number of nitrogens with one attached hydrogen (secondary N) is 1. The molecule has 0 bridgehead atoms. The molecule has 0 radical (unpaired) electrons. The molecule has 1 unspecified atom stereocenters. The second-order valence-corrected chi connectivity index (χ2v) is 7.94. The summed E-state index contributed by atoms with van der Waals surface area (Å²) in [5.41, 5.74) is 0.753. The second-order valence-electron chi connectivity index (χ2n) is 5.82. The molecule has 0 saturated carbocycles. The fourth-order valence-electron chi connectivity index (χ4n) is 2.52. The van der Waals surface area contributed by atoms with Gasteiger partial charge in [0.15, 0.2) is 11.7 Å². The fourth-order valence-corrected chi connectivity index (χ4v) is 3.75. The zero-order chi connectivity index (χ0) is 20.1. The van der Waals surface area contributed by atoms with Crippen LogP contribution in [0.5, 0.6) is 0 Å². The van der Waals surface area contributed by atoms with E-state index >= 15 is 0 Å². The minimum absolute atomic E-state index is 0.0917. The molecule has 28 heavy (non-hydrogen) atoms. The molecule has 0 aliphatic rings. The molecular formula is C20H14ClN3O3S. The van der Waals surface area contributed by atoms with Gasteiger partial charge in [0.1, 0.15) is 0 Å². The number of rotatable bonds is 6. The van der Waals surface area contributed by atoms with Crippen LogP contribution in [0.15, 0.2) is 77.8 Å². The van der Waals surface area contributed by atoms with Crippen LogP contribution in [0, 0.1) is 11.3 Å². The number of carbonyl (C=O) groups excluding carboxylic acids is 1. The van der Waals surface area contributed by atoms with E-state index in [0.717, 1.165) is 0 Å². The molecule has 0 fully saturated rings. The van der Waals surface area contributed by atoms with E-state index in [1.807, 2.05) is 6.07 Å². The topological polar surface area (TPSA) is 99.9 Å². The molecule has 1 atom stereocenters. The minimum atomic E-state index is -3.92. The third-order valence-electron chi connectivity index (χ3n) is 3.90. The van der Waals surface area contributed by atoms with Crippen molar-refractivity contribution in [2.75, 3.05) is 4.72 Å². The van der Waals surface area contributed by atoms with Gasteiger partial charge in [0, 0.05) is 22.5 Å². The van der Waals surface area contributed by atoms with Crippen molar-refractivity contribution in [1.82, 2.24) is 4.98 Å². The molecule has 1 heterocycles. The number of carbonyl (C=O) groups is 1. The number of nitrogens with zero attached hydrogens (tertiary/aromatic N) is 2. The van der Waals surface area contributed by atoms with Crippen molar-refractivity contribution in [3.63, 3.8) is 0 Å². The predicted molar refractivity (Wildman–Crippen MR) is 106 cm³/mol. The molecule has 0 spiro atoms. The monoisotopic (exact) mass is 411 g/mol. The van der Waals surface area contributed by atoms with Crippen molar-refractivity contribution in [3.05, 3.63) is 89.2 Å². The van der Waals surface area contributed by atoms with Gasteiger partial charge >= 0.3 is 0 Å². The Morgan fingerprint density at radius 2 is 1.82 bits per heavy atom. The molecule has 0 saturated heterocycles. The van der Waals surface area contributed by atoms with Gasteiger partial charge in [0.05, 0.1) is 16.7 Å². The fraction of sp³-hybridized carbons (Fsp3) is 0.0500. The highest BCUT2D eigenvalue weighted by atomic mass is 35.5. The van der Waals surface area contributed by atoms with Gasteiger partial charge in [-0.3, -0.25) is 14.5 Å². The number of anilines is 1. The molecule has 3 rings (SSSR count). The Morgan fingerprint density at radius 3 is 2.46 bits per heavy atom. The van der Waals surface area contributed by atoms with E-state index in [1.165, 1.54) is 42.6 Å². The summed E-state index contributed by atoms with van der Waals surface area (Å²) < 4.78 is 27.7. The summed E-state index contributed by atoms with van der Waals surface area (Å²) in [6.45, 7) is 0. The van der Waals surface area contributed by atoms with Crippen LogP contribution in [-0.4, -0.2) is 19.2 Å². The Balaban J connectivity index is 1.90. The standard InChI is InChI=1S/C20H14ClN3O3S/c21-15-7-9-16(10-8-15)24-28(26,27)17-5-3-4-14(12-17)20(25)18(13-22)19-6-1-2-11-23-19/h1-12,18,24H. The lowest BCUT2D eigenvalue weighted by Crippen LogP contribution is -2.16. The van der Waals surface area contributed by atoms with Crippen LogP contribution in [0.3, 0.4) is 0 Å². The van der Waals surface area contributed by atoms with Gasteiger partial charge in [0.25, 0.3) is 10.0 Å². The van der Waals surface area contributed by atoms with Gasteiger partial charge in [0.2, 0.25) is 0 Å². The summed E-state index contributed by atoms with van der Waals surface area (Å²) in [4.78, 5) is 16.7. The summed E-state index contributed by atoms with van der Waals surface area (Å²) in [5.74, 6) is -1.65. The SMILES string of the molecule is N#CC(C(=O)c1cccc(S(=O)(=O)Nc2ccc(Cl)cc2)c1)c1ccccn1. The molecule has 1 aromatic heterocycles. The molecule has 140 valence electrons. The van der Waals surface area contributed by atoms with Crippen molar-refractivity contribution in [2.24, 2.45) is 0 Å². The molecule has 1 N–H and O–H groups in total. The molecule has 3 aromatic rings. The van der Waals surface area contributed by atoms with Crippen LogP contribution in [0.4, 0.5) is 5.69 Å². The first kappa shape index (κ1) is 19.5. The van der Waals surface area contributed by atoms with Crippen LogP contribution in [0.25, 0.3) is 0 Å². The Bertz CT molecular complexity index is 1140. The number of pyridine rings is 1. The number of sulfonamides is 1. The third-order valence-corrected chi connectivity index (χ3v) is 5.53. The lowest BCUT2D eigenvalue weighted by Gasteiger charge is -2.11. The molecule has 8 heteroatoms. The maximum Gasteiger partial charge on any atom is 0.261 e. The number of ketones is 1. The number of benzene rings is 2. The molecule has 0 amide bonds. The summed E-state index contributed by atoms with van der Waals surface area (Å²) >= 11 is 5.80. The lowest BCUT2D eigenvalue weighted by molar-refractivity contribution is 0.0977. The maximum atomic E-state index is 12.8. The second kappa shape index (κ2) is 8.21. The van der Waals surface area contributed by atoms with Crippen LogP contribution in [0.1, 0.15) is 22.0 Å². The number of nitriles is 1. The summed E-state index contributed by atoms with van der Waals surface area (Å²) in [6, 6.07) is 18.6. The zero-order valence-corrected chi connectivity index (χ0v) is 16.0. The first-order chi connectivity index (χ1) is 13.4. The summed E-state index contributed by atoms with van der Waals surface area (Å²) in [7, 11) is -3.92. The van der Waals surface area contributed by atoms with E-state index < -0.39 is 21.7 Å². The zero-order valence-electron chi connectivity index (χ0n) is 14.4. The van der Waals surface area contributed by atoms with Crippen molar-refractivity contribution < 1.29 is 13.2 Å². The predicted octanol–water partition coefficient (Wildman–Crippen LogP) is 4.03. The Labute approximate surface area is 167 Å². The van der Waals surface area contributed by atoms with Gasteiger partial charge < -0.3 is 0 Å². The van der Waals surface area contributed by atoms with Gasteiger partial charge in [-0.1, -0.05) is 29.8 Å². The normalized spacial score (nSPS) is 12.0. The first-order valence-electron chi connectivity index (χ1n) is 8.14. The van der Waals surface area contributed by atoms with E-state index in [9.17, 15) is 18.5 Å². The van der Waals surface area contributed by atoms with Gasteiger partial charge in [-0.25, -0.2) is 8.42 Å². The molecule has 0 aliphatic carbocycles. The van der Waals surface area contributed by atoms with Crippen molar-refractivity contribution >= 4 is 33.1 Å². The Morgan fingerprint density at radius 1 is 1.07 bits per heavy atom.